The smallest absolute Gasteiger partial charge is 0.374 e. The highest BCUT2D eigenvalue weighted by Crippen LogP contribution is 2.69. The summed E-state index contributed by atoms with van der Waals surface area (Å²) in [4.78, 5) is 64.9. The van der Waals surface area contributed by atoms with Gasteiger partial charge in [-0.05, 0) is 57.9 Å². The Bertz CT molecular complexity index is 1460. The van der Waals surface area contributed by atoms with Gasteiger partial charge >= 0.3 is 29.8 Å². The standard InChI is InChI=1S/C31H36O14/c1-16(32)40-15-30-21(43-26(35)19-9-7-13-38-19)11-12-29(6,37)31(30)24(42-18(3)34)22(28(4,5)45-31)23(41-17(2)33)25(30)44-27(36)20-10-8-14-39-20/h7-10,13-14,21-25,37H,11-12,15H2,1-6H3/t21-,22?,23+,24-,25+,29+,30-,31?/m0/s1. The van der Waals surface area contributed by atoms with Crippen LogP contribution in [0.15, 0.2) is 45.6 Å². The van der Waals surface area contributed by atoms with Crippen LogP contribution in [0.4, 0.5) is 0 Å². The van der Waals surface area contributed by atoms with Gasteiger partial charge in [0.1, 0.15) is 30.3 Å². The van der Waals surface area contributed by atoms with E-state index >= 15 is 0 Å². The zero-order valence-corrected chi connectivity index (χ0v) is 25.7. The normalized spacial score (nSPS) is 34.6. The summed E-state index contributed by atoms with van der Waals surface area (Å²) in [5.41, 5.74) is -7.38. The van der Waals surface area contributed by atoms with E-state index in [2.05, 4.69) is 0 Å². The molecule has 2 saturated carbocycles. The summed E-state index contributed by atoms with van der Waals surface area (Å²) < 4.78 is 46.9. The van der Waals surface area contributed by atoms with Gasteiger partial charge in [-0.1, -0.05) is 0 Å². The van der Waals surface area contributed by atoms with Crippen molar-refractivity contribution in [1.82, 2.24) is 0 Å². The second-order valence-electron chi connectivity index (χ2n) is 12.4. The summed E-state index contributed by atoms with van der Waals surface area (Å²) in [6.45, 7) is 7.47. The van der Waals surface area contributed by atoms with Gasteiger partial charge in [0.15, 0.2) is 11.7 Å². The summed E-state index contributed by atoms with van der Waals surface area (Å²) in [6.07, 6.45) is -3.44. The van der Waals surface area contributed by atoms with Gasteiger partial charge < -0.3 is 42.4 Å². The molecule has 1 saturated heterocycles. The number of carbonyl (C=O) groups excluding carboxylic acids is 5. The third-order valence-corrected chi connectivity index (χ3v) is 9.11. The molecule has 8 atom stereocenters. The molecule has 1 aliphatic heterocycles. The second-order valence-corrected chi connectivity index (χ2v) is 12.4. The fourth-order valence-electron chi connectivity index (χ4n) is 7.63. The third-order valence-electron chi connectivity index (χ3n) is 9.11. The molecule has 2 unspecified atom stereocenters. The van der Waals surface area contributed by atoms with Crippen molar-refractivity contribution in [3.63, 3.8) is 0 Å². The molecule has 14 heteroatoms. The Morgan fingerprint density at radius 1 is 0.822 bits per heavy atom. The maximum atomic E-state index is 13.6. The lowest BCUT2D eigenvalue weighted by molar-refractivity contribution is -0.347. The van der Waals surface area contributed by atoms with Gasteiger partial charge in [-0.2, -0.15) is 0 Å². The molecule has 2 aliphatic carbocycles. The van der Waals surface area contributed by atoms with Crippen molar-refractivity contribution >= 4 is 29.8 Å². The number of aliphatic hydroxyl groups is 1. The number of furan rings is 2. The minimum absolute atomic E-state index is 0.0669. The molecule has 3 fully saturated rings. The zero-order valence-electron chi connectivity index (χ0n) is 25.7. The lowest BCUT2D eigenvalue weighted by Crippen LogP contribution is -2.83. The van der Waals surface area contributed by atoms with Crippen LogP contribution in [-0.2, 0) is 42.8 Å². The molecule has 0 amide bonds. The van der Waals surface area contributed by atoms with E-state index < -0.39 is 89.0 Å². The van der Waals surface area contributed by atoms with E-state index in [1.165, 1.54) is 43.7 Å². The van der Waals surface area contributed by atoms with Crippen LogP contribution < -0.4 is 0 Å². The highest BCUT2D eigenvalue weighted by atomic mass is 16.6. The molecule has 2 bridgehead atoms. The number of ether oxygens (including phenoxy) is 6. The summed E-state index contributed by atoms with van der Waals surface area (Å²) in [7, 11) is 0. The van der Waals surface area contributed by atoms with Crippen LogP contribution in [0.3, 0.4) is 0 Å². The SMILES string of the molecule is CC(=O)OC[C@@]12[C@@H](OC(=O)c3ccco3)CC[C@@](C)(O)C13OC(C)(C)C([C@@H](OC(C)=O)[C@H]2OC(=O)c1ccco1)[C@@H]3OC(C)=O. The molecular weight excluding hydrogens is 596 g/mol. The van der Waals surface area contributed by atoms with Crippen molar-refractivity contribution in [3.8, 4) is 0 Å². The Labute approximate surface area is 258 Å². The van der Waals surface area contributed by atoms with E-state index in [-0.39, 0.29) is 24.4 Å². The van der Waals surface area contributed by atoms with Gasteiger partial charge in [-0.15, -0.1) is 0 Å². The van der Waals surface area contributed by atoms with Gasteiger partial charge in [0.25, 0.3) is 0 Å². The first-order valence-electron chi connectivity index (χ1n) is 14.5. The predicted octanol–water partition coefficient (Wildman–Crippen LogP) is 2.76. The van der Waals surface area contributed by atoms with E-state index in [1.807, 2.05) is 0 Å². The van der Waals surface area contributed by atoms with Crippen LogP contribution in [0.25, 0.3) is 0 Å². The second kappa shape index (κ2) is 11.3. The molecule has 244 valence electrons. The number of hydrogen-bond donors (Lipinski definition) is 1. The van der Waals surface area contributed by atoms with Crippen molar-refractivity contribution in [2.75, 3.05) is 6.61 Å². The first-order valence-corrected chi connectivity index (χ1v) is 14.5. The van der Waals surface area contributed by atoms with Gasteiger partial charge in [0, 0.05) is 20.8 Å². The van der Waals surface area contributed by atoms with Gasteiger partial charge in [-0.25, -0.2) is 9.59 Å². The lowest BCUT2D eigenvalue weighted by Gasteiger charge is -2.65. The van der Waals surface area contributed by atoms with E-state index in [0.29, 0.717) is 0 Å². The minimum atomic E-state index is -2.08. The van der Waals surface area contributed by atoms with Crippen molar-refractivity contribution in [2.24, 2.45) is 11.3 Å². The summed E-state index contributed by atoms with van der Waals surface area (Å²) in [5.74, 6) is -5.66. The van der Waals surface area contributed by atoms with E-state index in [0.717, 1.165) is 20.8 Å². The fourth-order valence-corrected chi connectivity index (χ4v) is 7.63. The average molecular weight is 633 g/mol. The molecule has 1 spiro atoms. The van der Waals surface area contributed by atoms with Crippen molar-refractivity contribution in [1.29, 1.82) is 0 Å². The number of esters is 5. The van der Waals surface area contributed by atoms with Gasteiger partial charge in [0.2, 0.25) is 11.5 Å². The highest BCUT2D eigenvalue weighted by Gasteiger charge is 2.87. The Morgan fingerprint density at radius 3 is 1.91 bits per heavy atom. The van der Waals surface area contributed by atoms with Crippen LogP contribution in [0.2, 0.25) is 0 Å². The Hall–Kier alpha value is -4.17. The van der Waals surface area contributed by atoms with E-state index in [9.17, 15) is 29.1 Å². The average Bonchev–Trinajstić information content (AvgIpc) is 3.69. The van der Waals surface area contributed by atoms with Crippen LogP contribution in [0.5, 0.6) is 0 Å². The van der Waals surface area contributed by atoms with Crippen molar-refractivity contribution in [2.45, 2.75) is 95.6 Å². The summed E-state index contributed by atoms with van der Waals surface area (Å²) >= 11 is 0. The molecule has 3 heterocycles. The molecule has 14 nitrogen and oxygen atoms in total. The Balaban J connectivity index is 1.83. The number of rotatable bonds is 8. The quantitative estimate of drug-likeness (QED) is 0.330. The zero-order chi connectivity index (χ0) is 32.9. The third kappa shape index (κ3) is 5.09. The predicted molar refractivity (Wildman–Crippen MR) is 147 cm³/mol. The molecular formula is C31H36O14. The van der Waals surface area contributed by atoms with Crippen LogP contribution in [-0.4, -0.2) is 82.8 Å². The van der Waals surface area contributed by atoms with Crippen LogP contribution >= 0.6 is 0 Å². The molecule has 0 radical (unpaired) electrons. The largest absolute Gasteiger partial charge is 0.465 e. The number of carbonyl (C=O) groups is 5. The maximum absolute atomic E-state index is 13.6. The van der Waals surface area contributed by atoms with Crippen molar-refractivity contribution in [3.05, 3.63) is 48.3 Å². The van der Waals surface area contributed by atoms with E-state index in [1.54, 1.807) is 13.8 Å². The van der Waals surface area contributed by atoms with Crippen LogP contribution in [0.1, 0.15) is 75.5 Å². The molecule has 0 aromatic carbocycles. The Kier molecular flexibility index (Phi) is 8.11. The van der Waals surface area contributed by atoms with Gasteiger partial charge in [0.05, 0.1) is 29.6 Å². The topological polar surface area (TPSA) is 187 Å². The fraction of sp³-hybridized carbons (Fsp3) is 0.581. The molecule has 5 rings (SSSR count). The first kappa shape index (κ1) is 32.2. The molecule has 45 heavy (non-hydrogen) atoms. The van der Waals surface area contributed by atoms with E-state index in [4.69, 9.17) is 37.3 Å². The summed E-state index contributed by atoms with van der Waals surface area (Å²) in [5, 5.41) is 12.4. The molecule has 2 aromatic rings. The number of hydrogen-bond acceptors (Lipinski definition) is 14. The minimum Gasteiger partial charge on any atom is -0.465 e. The highest BCUT2D eigenvalue weighted by molar-refractivity contribution is 5.87. The summed E-state index contributed by atoms with van der Waals surface area (Å²) in [6, 6.07) is 5.67. The molecule has 2 aromatic heterocycles. The van der Waals surface area contributed by atoms with Crippen LogP contribution in [0, 0.1) is 11.3 Å². The number of fused-ring (bicyclic) bond motifs is 1. The van der Waals surface area contributed by atoms with Gasteiger partial charge in [-0.3, -0.25) is 14.4 Å². The molecule has 1 N–H and O–H groups in total. The lowest BCUT2D eigenvalue weighted by atomic mass is 9.46. The van der Waals surface area contributed by atoms with Crippen molar-refractivity contribution < 1.29 is 66.3 Å². The maximum Gasteiger partial charge on any atom is 0.374 e. The first-order chi connectivity index (χ1) is 21.1. The Morgan fingerprint density at radius 2 is 1.40 bits per heavy atom. The monoisotopic (exact) mass is 632 g/mol. The molecule has 3 aliphatic rings.